The molecular weight excluding hydrogens is 164 g/mol. The maximum atomic E-state index is 12.3. The first-order valence-corrected chi connectivity index (χ1v) is 4.28. The molecule has 72 valence electrons. The number of nitrogens with one attached hydrogen (secondary N) is 1. The van der Waals surface area contributed by atoms with Crippen molar-refractivity contribution in [1.82, 2.24) is 5.32 Å². The van der Waals surface area contributed by atoms with Crippen LogP contribution in [0.15, 0.2) is 0 Å². The minimum absolute atomic E-state index is 0.0762. The molecule has 4 heteroatoms. The highest BCUT2D eigenvalue weighted by Crippen LogP contribution is 2.18. The van der Waals surface area contributed by atoms with Gasteiger partial charge in [-0.05, 0) is 13.3 Å². The zero-order valence-corrected chi connectivity index (χ0v) is 7.28. The third kappa shape index (κ3) is 3.97. The predicted octanol–water partition coefficient (Wildman–Crippen LogP) is 1.41. The largest absolute Gasteiger partial charge is 0.376 e. The molecule has 0 aliphatic carbocycles. The SMILES string of the molecule is CC(F)(F)CCCOC1CNC1. The molecule has 0 bridgehead atoms. The van der Waals surface area contributed by atoms with Gasteiger partial charge in [0.25, 0.3) is 0 Å². The van der Waals surface area contributed by atoms with Gasteiger partial charge in [0.2, 0.25) is 5.92 Å². The molecule has 1 rings (SSSR count). The van der Waals surface area contributed by atoms with Gasteiger partial charge < -0.3 is 10.1 Å². The van der Waals surface area contributed by atoms with E-state index in [0.717, 1.165) is 20.0 Å². The molecule has 1 N–H and O–H groups in total. The highest BCUT2D eigenvalue weighted by molar-refractivity contribution is 4.74. The lowest BCUT2D eigenvalue weighted by Crippen LogP contribution is -2.48. The molecule has 1 saturated heterocycles. The molecule has 2 nitrogen and oxygen atoms in total. The molecule has 0 aromatic carbocycles. The second-order valence-corrected chi connectivity index (χ2v) is 3.32. The van der Waals surface area contributed by atoms with Crippen LogP contribution < -0.4 is 5.32 Å². The van der Waals surface area contributed by atoms with Gasteiger partial charge in [0.05, 0.1) is 6.10 Å². The second-order valence-electron chi connectivity index (χ2n) is 3.32. The zero-order valence-electron chi connectivity index (χ0n) is 7.28. The average molecular weight is 179 g/mol. The standard InChI is InChI=1S/C8H15F2NO/c1-8(9,10)3-2-4-12-7-5-11-6-7/h7,11H,2-6H2,1H3. The normalized spacial score (nSPS) is 19.2. The van der Waals surface area contributed by atoms with Crippen LogP contribution in [0.3, 0.4) is 0 Å². The van der Waals surface area contributed by atoms with Gasteiger partial charge in [0.1, 0.15) is 0 Å². The van der Waals surface area contributed by atoms with E-state index in [4.69, 9.17) is 4.74 Å². The molecule has 1 heterocycles. The van der Waals surface area contributed by atoms with Gasteiger partial charge in [-0.25, -0.2) is 8.78 Å². The summed E-state index contributed by atoms with van der Waals surface area (Å²) in [4.78, 5) is 0. The molecule has 1 aliphatic heterocycles. The Morgan fingerprint density at radius 1 is 1.50 bits per heavy atom. The van der Waals surface area contributed by atoms with Crippen molar-refractivity contribution in [2.24, 2.45) is 0 Å². The number of ether oxygens (including phenoxy) is 1. The molecule has 0 aromatic rings. The summed E-state index contributed by atoms with van der Waals surface area (Å²) in [5.74, 6) is -2.54. The van der Waals surface area contributed by atoms with Crippen molar-refractivity contribution in [2.75, 3.05) is 19.7 Å². The molecule has 0 amide bonds. The summed E-state index contributed by atoms with van der Waals surface area (Å²) in [5, 5.41) is 3.05. The summed E-state index contributed by atoms with van der Waals surface area (Å²) in [5.41, 5.74) is 0. The Labute approximate surface area is 71.3 Å². The fourth-order valence-electron chi connectivity index (χ4n) is 1.01. The van der Waals surface area contributed by atoms with Crippen molar-refractivity contribution < 1.29 is 13.5 Å². The van der Waals surface area contributed by atoms with Crippen LogP contribution in [-0.4, -0.2) is 31.7 Å². The van der Waals surface area contributed by atoms with Crippen LogP contribution in [0.1, 0.15) is 19.8 Å². The summed E-state index contributed by atoms with van der Waals surface area (Å²) < 4.78 is 29.8. The number of hydrogen-bond acceptors (Lipinski definition) is 2. The van der Waals surface area contributed by atoms with E-state index in [1.54, 1.807) is 0 Å². The lowest BCUT2D eigenvalue weighted by Gasteiger charge is -2.27. The molecule has 12 heavy (non-hydrogen) atoms. The minimum Gasteiger partial charge on any atom is -0.376 e. The topological polar surface area (TPSA) is 21.3 Å². The summed E-state index contributed by atoms with van der Waals surface area (Å²) in [6.45, 7) is 3.12. The third-order valence-electron chi connectivity index (χ3n) is 1.86. The van der Waals surface area contributed by atoms with E-state index in [2.05, 4.69) is 5.32 Å². The van der Waals surface area contributed by atoms with Gasteiger partial charge in [-0.15, -0.1) is 0 Å². The van der Waals surface area contributed by atoms with Crippen LogP contribution in [0.4, 0.5) is 8.78 Å². The van der Waals surface area contributed by atoms with Crippen LogP contribution in [0, 0.1) is 0 Å². The van der Waals surface area contributed by atoms with E-state index >= 15 is 0 Å². The van der Waals surface area contributed by atoms with Crippen molar-refractivity contribution in [3.8, 4) is 0 Å². The Morgan fingerprint density at radius 3 is 2.58 bits per heavy atom. The van der Waals surface area contributed by atoms with Crippen molar-refractivity contribution in [1.29, 1.82) is 0 Å². The quantitative estimate of drug-likeness (QED) is 0.644. The first-order valence-electron chi connectivity index (χ1n) is 4.28. The molecule has 0 saturated carbocycles. The van der Waals surface area contributed by atoms with Gasteiger partial charge in [-0.2, -0.15) is 0 Å². The molecule has 0 atom stereocenters. The van der Waals surface area contributed by atoms with E-state index in [0.29, 0.717) is 13.0 Å². The van der Waals surface area contributed by atoms with Gasteiger partial charge in [-0.1, -0.05) is 0 Å². The first kappa shape index (κ1) is 9.86. The lowest BCUT2D eigenvalue weighted by molar-refractivity contribution is -0.0175. The number of halogens is 2. The molecule has 0 aromatic heterocycles. The van der Waals surface area contributed by atoms with Crippen LogP contribution in [0.2, 0.25) is 0 Å². The average Bonchev–Trinajstić information content (AvgIpc) is 1.80. The minimum atomic E-state index is -2.54. The van der Waals surface area contributed by atoms with Crippen molar-refractivity contribution >= 4 is 0 Å². The fourth-order valence-corrected chi connectivity index (χ4v) is 1.01. The maximum Gasteiger partial charge on any atom is 0.245 e. The van der Waals surface area contributed by atoms with Crippen LogP contribution in [0.5, 0.6) is 0 Å². The Kier molecular flexibility index (Phi) is 3.40. The summed E-state index contributed by atoms with van der Waals surface area (Å²) in [7, 11) is 0. The highest BCUT2D eigenvalue weighted by Gasteiger charge is 2.21. The van der Waals surface area contributed by atoms with Gasteiger partial charge >= 0.3 is 0 Å². The summed E-state index contributed by atoms with van der Waals surface area (Å²) in [6.07, 6.45) is 0.628. The van der Waals surface area contributed by atoms with Crippen molar-refractivity contribution in [3.05, 3.63) is 0 Å². The molecular formula is C8H15F2NO. The van der Waals surface area contributed by atoms with Crippen molar-refractivity contribution in [3.63, 3.8) is 0 Å². The Morgan fingerprint density at radius 2 is 2.17 bits per heavy atom. The molecule has 0 unspecified atom stereocenters. The molecule has 0 radical (unpaired) electrons. The number of hydrogen-bond donors (Lipinski definition) is 1. The second kappa shape index (κ2) is 4.14. The molecule has 1 aliphatic rings. The van der Waals surface area contributed by atoms with Gasteiger partial charge in [0.15, 0.2) is 0 Å². The molecule has 0 spiro atoms. The van der Waals surface area contributed by atoms with E-state index in [-0.39, 0.29) is 12.5 Å². The third-order valence-corrected chi connectivity index (χ3v) is 1.86. The van der Waals surface area contributed by atoms with E-state index in [1.807, 2.05) is 0 Å². The lowest BCUT2D eigenvalue weighted by atomic mass is 10.2. The highest BCUT2D eigenvalue weighted by atomic mass is 19.3. The summed E-state index contributed by atoms with van der Waals surface area (Å²) >= 11 is 0. The van der Waals surface area contributed by atoms with E-state index < -0.39 is 5.92 Å². The molecule has 1 fully saturated rings. The van der Waals surface area contributed by atoms with E-state index in [9.17, 15) is 8.78 Å². The van der Waals surface area contributed by atoms with Crippen molar-refractivity contribution in [2.45, 2.75) is 31.8 Å². The van der Waals surface area contributed by atoms with E-state index in [1.165, 1.54) is 0 Å². The van der Waals surface area contributed by atoms with Crippen LogP contribution >= 0.6 is 0 Å². The summed E-state index contributed by atoms with van der Waals surface area (Å²) in [6, 6.07) is 0. The number of alkyl halides is 2. The van der Waals surface area contributed by atoms with Crippen LogP contribution in [-0.2, 0) is 4.74 Å². The number of rotatable bonds is 5. The monoisotopic (exact) mass is 179 g/mol. The Balaban J connectivity index is 1.88. The predicted molar refractivity (Wildman–Crippen MR) is 42.5 cm³/mol. The Bertz CT molecular complexity index is 132. The fraction of sp³-hybridized carbons (Fsp3) is 1.00. The first-order chi connectivity index (χ1) is 5.58. The maximum absolute atomic E-state index is 12.3. The Hall–Kier alpha value is -0.220. The van der Waals surface area contributed by atoms with Gasteiger partial charge in [-0.3, -0.25) is 0 Å². The van der Waals surface area contributed by atoms with Crippen LogP contribution in [0.25, 0.3) is 0 Å². The zero-order chi connectivity index (χ0) is 9.03. The smallest absolute Gasteiger partial charge is 0.245 e. The van der Waals surface area contributed by atoms with Gasteiger partial charge in [0, 0.05) is 26.1 Å².